The highest BCUT2D eigenvalue weighted by atomic mass is 32.2. The van der Waals surface area contributed by atoms with E-state index >= 15 is 0 Å². The highest BCUT2D eigenvalue weighted by Gasteiger charge is 2.21. The summed E-state index contributed by atoms with van der Waals surface area (Å²) >= 11 is 1.46. The molecule has 6 nitrogen and oxygen atoms in total. The Kier molecular flexibility index (Phi) is 5.54. The molecule has 3 rings (SSSR count). The molecule has 0 fully saturated rings. The molecule has 2 aromatic carbocycles. The number of hydrogen-bond donors (Lipinski definition) is 1. The lowest BCUT2D eigenvalue weighted by Gasteiger charge is -2.21. The van der Waals surface area contributed by atoms with Crippen molar-refractivity contribution in [3.8, 4) is 0 Å². The van der Waals surface area contributed by atoms with Gasteiger partial charge >= 0.3 is 0 Å². The van der Waals surface area contributed by atoms with Crippen LogP contribution in [0.4, 0.5) is 5.69 Å². The normalized spacial score (nSPS) is 12.2. The smallest absolute Gasteiger partial charge is 0.262 e. The van der Waals surface area contributed by atoms with Gasteiger partial charge in [0.15, 0.2) is 5.16 Å². The van der Waals surface area contributed by atoms with Gasteiger partial charge in [0.1, 0.15) is 6.33 Å². The van der Waals surface area contributed by atoms with Gasteiger partial charge in [-0.3, -0.25) is 4.72 Å². The van der Waals surface area contributed by atoms with Crippen molar-refractivity contribution in [3.05, 3.63) is 59.9 Å². The summed E-state index contributed by atoms with van der Waals surface area (Å²) < 4.78 is 30.4. The van der Waals surface area contributed by atoms with Crippen molar-refractivity contribution in [2.24, 2.45) is 7.05 Å². The van der Waals surface area contributed by atoms with Crippen molar-refractivity contribution in [1.29, 1.82) is 0 Å². The van der Waals surface area contributed by atoms with Crippen molar-refractivity contribution in [2.75, 3.05) is 4.72 Å². The number of nitrogens with zero attached hydrogens (tertiary/aromatic N) is 3. The van der Waals surface area contributed by atoms with E-state index in [9.17, 15) is 8.42 Å². The second kappa shape index (κ2) is 7.60. The Balaban J connectivity index is 1.82. The van der Waals surface area contributed by atoms with E-state index < -0.39 is 10.0 Å². The lowest BCUT2D eigenvalue weighted by atomic mass is 9.87. The third-order valence-corrected chi connectivity index (χ3v) is 6.91. The van der Waals surface area contributed by atoms with E-state index in [1.165, 1.54) is 11.8 Å². The first-order chi connectivity index (χ1) is 13.1. The van der Waals surface area contributed by atoms with Crippen molar-refractivity contribution in [3.63, 3.8) is 0 Å². The summed E-state index contributed by atoms with van der Waals surface area (Å²) in [5.74, 6) is 0. The molecule has 0 radical (unpaired) electrons. The van der Waals surface area contributed by atoms with E-state index in [-0.39, 0.29) is 5.41 Å². The minimum atomic E-state index is -3.68. The summed E-state index contributed by atoms with van der Waals surface area (Å²) in [5.41, 5.74) is 2.09. The second-order valence-electron chi connectivity index (χ2n) is 7.69. The van der Waals surface area contributed by atoms with Crippen LogP contribution in [0.25, 0.3) is 0 Å². The minimum Gasteiger partial charge on any atom is -0.311 e. The monoisotopic (exact) mass is 416 g/mol. The Bertz CT molecular complexity index is 1080. The van der Waals surface area contributed by atoms with E-state index in [1.807, 2.05) is 42.8 Å². The van der Waals surface area contributed by atoms with Crippen LogP contribution in [0, 0.1) is 6.92 Å². The number of aromatic nitrogens is 3. The van der Waals surface area contributed by atoms with Crippen LogP contribution in [0.1, 0.15) is 31.9 Å². The first kappa shape index (κ1) is 20.4. The molecule has 0 aliphatic carbocycles. The maximum atomic E-state index is 12.9. The molecular formula is C20H24N4O2S2. The summed E-state index contributed by atoms with van der Waals surface area (Å²) in [5, 5.41) is 8.65. The van der Waals surface area contributed by atoms with Crippen molar-refractivity contribution in [2.45, 2.75) is 48.1 Å². The summed E-state index contributed by atoms with van der Waals surface area (Å²) in [4.78, 5) is 1.25. The summed E-state index contributed by atoms with van der Waals surface area (Å²) in [6.45, 7) is 8.00. The van der Waals surface area contributed by atoms with E-state index in [0.717, 1.165) is 21.2 Å². The van der Waals surface area contributed by atoms with Crippen molar-refractivity contribution >= 4 is 27.5 Å². The molecule has 0 bridgehead atoms. The zero-order chi connectivity index (χ0) is 20.5. The molecule has 3 aromatic rings. The molecule has 0 aliphatic rings. The van der Waals surface area contributed by atoms with Crippen LogP contribution in [0.2, 0.25) is 0 Å². The third kappa shape index (κ3) is 4.56. The van der Waals surface area contributed by atoms with Gasteiger partial charge in [0.25, 0.3) is 10.0 Å². The number of anilines is 1. The zero-order valence-electron chi connectivity index (χ0n) is 16.6. The molecule has 1 aromatic heterocycles. The molecule has 0 unspecified atom stereocenters. The second-order valence-corrected chi connectivity index (χ2v) is 10.4. The molecule has 0 atom stereocenters. The Labute approximate surface area is 170 Å². The lowest BCUT2D eigenvalue weighted by molar-refractivity contribution is 0.584. The standard InChI is InChI=1S/C20H24N4O2S2/c1-14-6-7-15(20(2,3)4)12-18(14)28(25,26)23-16-8-10-17(11-9-16)27-19-22-21-13-24(19)5/h6-13,23H,1-5H3. The highest BCUT2D eigenvalue weighted by Crippen LogP contribution is 2.29. The Morgan fingerprint density at radius 2 is 1.75 bits per heavy atom. The Morgan fingerprint density at radius 1 is 1.07 bits per heavy atom. The summed E-state index contributed by atoms with van der Waals surface area (Å²) in [6.07, 6.45) is 1.64. The highest BCUT2D eigenvalue weighted by molar-refractivity contribution is 7.99. The molecule has 148 valence electrons. The number of aryl methyl sites for hydroxylation is 2. The van der Waals surface area contributed by atoms with E-state index in [4.69, 9.17) is 0 Å². The number of hydrogen-bond acceptors (Lipinski definition) is 5. The Hall–Kier alpha value is -2.32. The molecule has 1 heterocycles. The quantitative estimate of drug-likeness (QED) is 0.668. The minimum absolute atomic E-state index is 0.128. The average molecular weight is 417 g/mol. The first-order valence-electron chi connectivity index (χ1n) is 8.82. The molecule has 8 heteroatoms. The van der Waals surface area contributed by atoms with Crippen molar-refractivity contribution < 1.29 is 8.42 Å². The summed E-state index contributed by atoms with van der Waals surface area (Å²) in [7, 11) is -1.81. The van der Waals surface area contributed by atoms with Crippen LogP contribution < -0.4 is 4.72 Å². The SMILES string of the molecule is Cc1ccc(C(C)(C)C)cc1S(=O)(=O)Nc1ccc(Sc2nncn2C)cc1. The van der Waals surface area contributed by atoms with Gasteiger partial charge in [-0.2, -0.15) is 0 Å². The Morgan fingerprint density at radius 3 is 2.32 bits per heavy atom. The van der Waals surface area contributed by atoms with Crippen LogP contribution >= 0.6 is 11.8 Å². The number of nitrogens with one attached hydrogen (secondary N) is 1. The fraction of sp³-hybridized carbons (Fsp3) is 0.300. The molecular weight excluding hydrogens is 392 g/mol. The van der Waals surface area contributed by atoms with Gasteiger partial charge in [-0.1, -0.05) is 32.9 Å². The van der Waals surface area contributed by atoms with Gasteiger partial charge in [-0.05, 0) is 65.6 Å². The van der Waals surface area contributed by atoms with Gasteiger partial charge in [0, 0.05) is 17.6 Å². The third-order valence-electron chi connectivity index (χ3n) is 4.33. The van der Waals surface area contributed by atoms with Gasteiger partial charge < -0.3 is 4.57 Å². The fourth-order valence-electron chi connectivity index (χ4n) is 2.63. The van der Waals surface area contributed by atoms with Crippen LogP contribution in [0.3, 0.4) is 0 Å². The maximum Gasteiger partial charge on any atom is 0.262 e. The topological polar surface area (TPSA) is 76.9 Å². The van der Waals surface area contributed by atoms with Gasteiger partial charge in [-0.15, -0.1) is 10.2 Å². The summed E-state index contributed by atoms with van der Waals surface area (Å²) in [6, 6.07) is 12.8. The van der Waals surface area contributed by atoms with E-state index in [0.29, 0.717) is 10.6 Å². The molecule has 0 saturated heterocycles. The number of rotatable bonds is 5. The molecule has 0 saturated carbocycles. The van der Waals surface area contributed by atoms with Gasteiger partial charge in [-0.25, -0.2) is 8.42 Å². The predicted octanol–water partition coefficient (Wildman–Crippen LogP) is 4.37. The predicted molar refractivity (Wildman–Crippen MR) is 112 cm³/mol. The maximum absolute atomic E-state index is 12.9. The molecule has 0 amide bonds. The van der Waals surface area contributed by atoms with E-state index in [1.54, 1.807) is 24.5 Å². The average Bonchev–Trinajstić information content (AvgIpc) is 3.00. The van der Waals surface area contributed by atoms with E-state index in [2.05, 4.69) is 35.7 Å². The molecule has 0 spiro atoms. The van der Waals surface area contributed by atoms with Gasteiger partial charge in [0.05, 0.1) is 4.90 Å². The molecule has 28 heavy (non-hydrogen) atoms. The zero-order valence-corrected chi connectivity index (χ0v) is 18.2. The van der Waals surface area contributed by atoms with Crippen molar-refractivity contribution in [1.82, 2.24) is 14.8 Å². The molecule has 0 aliphatic heterocycles. The first-order valence-corrected chi connectivity index (χ1v) is 11.1. The van der Waals surface area contributed by atoms with Crippen LogP contribution in [0.5, 0.6) is 0 Å². The largest absolute Gasteiger partial charge is 0.311 e. The number of sulfonamides is 1. The van der Waals surface area contributed by atoms with Crippen LogP contribution in [-0.4, -0.2) is 23.2 Å². The fourth-order valence-corrected chi connectivity index (χ4v) is 4.72. The molecule has 1 N–H and O–H groups in total. The lowest BCUT2D eigenvalue weighted by Crippen LogP contribution is -2.17. The van der Waals surface area contributed by atoms with Gasteiger partial charge in [0.2, 0.25) is 0 Å². The number of benzene rings is 2. The van der Waals surface area contributed by atoms with Crippen LogP contribution in [0.15, 0.2) is 63.7 Å². The van der Waals surface area contributed by atoms with Crippen LogP contribution in [-0.2, 0) is 22.5 Å².